The molecule has 0 saturated heterocycles. The molecule has 8 heteroatoms. The second-order valence-corrected chi connectivity index (χ2v) is 5.65. The van der Waals surface area contributed by atoms with Crippen LogP contribution in [-0.2, 0) is 4.74 Å². The van der Waals surface area contributed by atoms with E-state index in [2.05, 4.69) is 36.3 Å². The minimum atomic E-state index is -0.575. The molecule has 2 rings (SSSR count). The van der Waals surface area contributed by atoms with Gasteiger partial charge in [-0.1, -0.05) is 34.1 Å². The Hall–Kier alpha value is -2.32. The first kappa shape index (κ1) is 17.0. The van der Waals surface area contributed by atoms with E-state index in [1.54, 1.807) is 30.3 Å². The summed E-state index contributed by atoms with van der Waals surface area (Å²) in [6, 6.07) is 11.8. The summed E-state index contributed by atoms with van der Waals surface area (Å²) in [4.78, 5) is 27.6. The number of amides is 1. The maximum atomic E-state index is 12.0. The fourth-order valence-electron chi connectivity index (χ4n) is 1.68. The van der Waals surface area contributed by atoms with Crippen LogP contribution in [0.2, 0.25) is 0 Å². The van der Waals surface area contributed by atoms with E-state index in [4.69, 9.17) is 12.2 Å². The van der Waals surface area contributed by atoms with Gasteiger partial charge in [0.2, 0.25) is 0 Å². The van der Waals surface area contributed by atoms with Gasteiger partial charge in [-0.05, 0) is 36.5 Å². The fourth-order valence-corrected chi connectivity index (χ4v) is 2.31. The summed E-state index contributed by atoms with van der Waals surface area (Å²) >= 11 is 8.35. The van der Waals surface area contributed by atoms with E-state index in [1.165, 1.54) is 13.2 Å². The Morgan fingerprint density at radius 2 is 1.91 bits per heavy atom. The van der Waals surface area contributed by atoms with Crippen LogP contribution in [0.4, 0.5) is 5.82 Å². The second-order valence-electron chi connectivity index (χ2n) is 4.32. The summed E-state index contributed by atoms with van der Waals surface area (Å²) in [6.07, 6.45) is 0. The van der Waals surface area contributed by atoms with E-state index in [-0.39, 0.29) is 16.7 Å². The lowest BCUT2D eigenvalue weighted by Crippen LogP contribution is -2.34. The van der Waals surface area contributed by atoms with Gasteiger partial charge in [-0.3, -0.25) is 10.1 Å². The fraction of sp³-hybridized carbons (Fsp3) is 0.0667. The highest BCUT2D eigenvalue weighted by molar-refractivity contribution is 9.10. The maximum absolute atomic E-state index is 12.0. The normalized spacial score (nSPS) is 9.83. The predicted octanol–water partition coefficient (Wildman–Crippen LogP) is 2.76. The molecule has 0 unspecified atom stereocenters. The van der Waals surface area contributed by atoms with E-state index in [9.17, 15) is 9.59 Å². The summed E-state index contributed by atoms with van der Waals surface area (Å²) in [5.41, 5.74) is 0.593. The van der Waals surface area contributed by atoms with Gasteiger partial charge >= 0.3 is 5.97 Å². The Bertz CT molecular complexity index is 753. The van der Waals surface area contributed by atoms with Gasteiger partial charge in [-0.2, -0.15) is 0 Å². The van der Waals surface area contributed by atoms with Gasteiger partial charge in [0.1, 0.15) is 5.82 Å². The van der Waals surface area contributed by atoms with Crippen molar-refractivity contribution in [2.75, 3.05) is 12.4 Å². The first-order valence-electron chi connectivity index (χ1n) is 6.43. The van der Waals surface area contributed by atoms with Crippen molar-refractivity contribution < 1.29 is 14.3 Å². The molecule has 0 saturated carbocycles. The van der Waals surface area contributed by atoms with Crippen LogP contribution < -0.4 is 10.6 Å². The molecule has 0 aliphatic rings. The second kappa shape index (κ2) is 7.80. The van der Waals surface area contributed by atoms with Crippen LogP contribution in [0.25, 0.3) is 0 Å². The first-order chi connectivity index (χ1) is 11.0. The number of methoxy groups -OCH3 is 1. The highest BCUT2D eigenvalue weighted by atomic mass is 79.9. The molecule has 0 fully saturated rings. The number of benzene rings is 1. The summed E-state index contributed by atoms with van der Waals surface area (Å²) in [7, 11) is 1.27. The van der Waals surface area contributed by atoms with E-state index >= 15 is 0 Å². The topological polar surface area (TPSA) is 80.3 Å². The quantitative estimate of drug-likeness (QED) is 0.616. The highest BCUT2D eigenvalue weighted by Gasteiger charge is 2.12. The minimum absolute atomic E-state index is 0.0697. The van der Waals surface area contributed by atoms with Crippen LogP contribution in [0.1, 0.15) is 20.8 Å². The molecule has 0 bridgehead atoms. The van der Waals surface area contributed by atoms with E-state index in [0.717, 1.165) is 0 Å². The molecular formula is C15H12BrN3O3S. The van der Waals surface area contributed by atoms with Crippen molar-refractivity contribution >= 4 is 51.0 Å². The number of carbonyl (C=O) groups excluding carboxylic acids is 2. The Labute approximate surface area is 146 Å². The summed E-state index contributed by atoms with van der Waals surface area (Å²) in [5, 5.41) is 5.36. The molecule has 0 aliphatic carbocycles. The highest BCUT2D eigenvalue weighted by Crippen LogP contribution is 2.16. The number of nitrogens with zero attached hydrogens (tertiary/aromatic N) is 1. The van der Waals surface area contributed by atoms with E-state index in [0.29, 0.717) is 15.9 Å². The molecule has 1 aromatic carbocycles. The zero-order valence-corrected chi connectivity index (χ0v) is 14.4. The van der Waals surface area contributed by atoms with Crippen molar-refractivity contribution in [3.8, 4) is 0 Å². The molecule has 23 heavy (non-hydrogen) atoms. The molecule has 0 spiro atoms. The lowest BCUT2D eigenvalue weighted by Gasteiger charge is -2.10. The Balaban J connectivity index is 2.07. The molecule has 118 valence electrons. The van der Waals surface area contributed by atoms with Crippen LogP contribution >= 0.6 is 28.1 Å². The largest absolute Gasteiger partial charge is 0.464 e. The molecule has 1 aromatic heterocycles. The summed E-state index contributed by atoms with van der Waals surface area (Å²) in [6.45, 7) is 0. The number of thiocarbonyl (C=S) groups is 1. The standard InChI is InChI=1S/C15H12BrN3O3S/c1-22-14(21)11-7-10(16)8-12(17-11)18-15(23)19-13(20)9-5-3-2-4-6-9/h2-8H,1H3,(H2,17,18,19,20,23). The lowest BCUT2D eigenvalue weighted by atomic mass is 10.2. The molecular weight excluding hydrogens is 382 g/mol. The summed E-state index contributed by atoms with van der Waals surface area (Å²) < 4.78 is 5.24. The van der Waals surface area contributed by atoms with Crippen molar-refractivity contribution in [3.63, 3.8) is 0 Å². The Morgan fingerprint density at radius 3 is 2.57 bits per heavy atom. The number of nitrogens with one attached hydrogen (secondary N) is 2. The molecule has 2 N–H and O–H groups in total. The number of ether oxygens (including phenoxy) is 1. The number of esters is 1. The van der Waals surface area contributed by atoms with Crippen molar-refractivity contribution in [2.45, 2.75) is 0 Å². The van der Waals surface area contributed by atoms with Crippen LogP contribution in [0.5, 0.6) is 0 Å². The van der Waals surface area contributed by atoms with Crippen molar-refractivity contribution in [1.29, 1.82) is 0 Å². The Morgan fingerprint density at radius 1 is 1.22 bits per heavy atom. The van der Waals surface area contributed by atoms with Gasteiger partial charge in [0.25, 0.3) is 5.91 Å². The first-order valence-corrected chi connectivity index (χ1v) is 7.63. The van der Waals surface area contributed by atoms with Gasteiger partial charge in [-0.15, -0.1) is 0 Å². The van der Waals surface area contributed by atoms with Gasteiger partial charge in [-0.25, -0.2) is 9.78 Å². The van der Waals surface area contributed by atoms with Crippen molar-refractivity contribution in [3.05, 3.63) is 58.2 Å². The lowest BCUT2D eigenvalue weighted by molar-refractivity contribution is 0.0594. The Kier molecular flexibility index (Phi) is 5.78. The van der Waals surface area contributed by atoms with Gasteiger partial charge in [0, 0.05) is 10.0 Å². The third-order valence-electron chi connectivity index (χ3n) is 2.69. The minimum Gasteiger partial charge on any atom is -0.464 e. The van der Waals surface area contributed by atoms with Crippen molar-refractivity contribution in [2.24, 2.45) is 0 Å². The molecule has 0 radical (unpaired) electrons. The third kappa shape index (κ3) is 4.83. The zero-order valence-electron chi connectivity index (χ0n) is 12.0. The predicted molar refractivity (Wildman–Crippen MR) is 93.4 cm³/mol. The SMILES string of the molecule is COC(=O)c1cc(Br)cc(NC(=S)NC(=O)c2ccccc2)n1. The van der Waals surface area contributed by atoms with Crippen LogP contribution in [-0.4, -0.2) is 29.1 Å². The third-order valence-corrected chi connectivity index (χ3v) is 3.35. The average Bonchev–Trinajstić information content (AvgIpc) is 2.54. The number of halogens is 1. The number of hydrogen-bond donors (Lipinski definition) is 2. The van der Waals surface area contributed by atoms with E-state index < -0.39 is 5.97 Å². The molecule has 1 amide bonds. The molecule has 0 atom stereocenters. The van der Waals surface area contributed by atoms with Crippen LogP contribution in [0, 0.1) is 0 Å². The number of pyridine rings is 1. The number of anilines is 1. The van der Waals surface area contributed by atoms with E-state index in [1.807, 2.05) is 6.07 Å². The van der Waals surface area contributed by atoms with Crippen LogP contribution in [0.3, 0.4) is 0 Å². The molecule has 2 aromatic rings. The smallest absolute Gasteiger partial charge is 0.356 e. The maximum Gasteiger partial charge on any atom is 0.356 e. The van der Waals surface area contributed by atoms with Gasteiger partial charge in [0.15, 0.2) is 10.8 Å². The summed E-state index contributed by atoms with van der Waals surface area (Å²) in [5.74, 6) is -0.613. The number of rotatable bonds is 3. The number of hydrogen-bond acceptors (Lipinski definition) is 5. The van der Waals surface area contributed by atoms with Crippen LogP contribution in [0.15, 0.2) is 46.9 Å². The average molecular weight is 394 g/mol. The number of aromatic nitrogens is 1. The number of carbonyl (C=O) groups is 2. The molecule has 0 aliphatic heterocycles. The zero-order chi connectivity index (χ0) is 16.8. The monoisotopic (exact) mass is 393 g/mol. The van der Waals surface area contributed by atoms with Crippen molar-refractivity contribution in [1.82, 2.24) is 10.3 Å². The molecule has 1 heterocycles. The van der Waals surface area contributed by atoms with Gasteiger partial charge < -0.3 is 10.1 Å². The van der Waals surface area contributed by atoms with Gasteiger partial charge in [0.05, 0.1) is 7.11 Å². The molecule has 6 nitrogen and oxygen atoms in total.